The topological polar surface area (TPSA) is 45.1 Å². The molecule has 0 saturated heterocycles. The Morgan fingerprint density at radius 1 is 1.67 bits per heavy atom. The zero-order valence-electron chi connectivity index (χ0n) is 7.32. The molecule has 0 bridgehead atoms. The fraction of sp³-hybridized carbons (Fsp3) is 0.625. The third kappa shape index (κ3) is 2.89. The molecule has 0 radical (unpaired) electrons. The molecule has 4 heteroatoms. The van der Waals surface area contributed by atoms with Crippen LogP contribution in [0.2, 0.25) is 0 Å². The summed E-state index contributed by atoms with van der Waals surface area (Å²) in [4.78, 5) is 4.17. The summed E-state index contributed by atoms with van der Waals surface area (Å²) in [7, 11) is 0. The van der Waals surface area contributed by atoms with Crippen molar-refractivity contribution in [2.45, 2.75) is 26.0 Å². The molecule has 0 aliphatic carbocycles. The third-order valence-corrected chi connectivity index (χ3v) is 2.22. The molecule has 0 fully saturated rings. The number of hydrogen-bond donors (Lipinski definition) is 2. The lowest BCUT2D eigenvalue weighted by Crippen LogP contribution is -2.27. The number of nitrogens with zero attached hydrogens (tertiary/aromatic N) is 1. The van der Waals surface area contributed by atoms with Crippen LogP contribution in [0.15, 0.2) is 10.9 Å². The molecule has 0 spiro atoms. The first-order chi connectivity index (χ1) is 5.70. The number of aromatic nitrogens is 1. The summed E-state index contributed by atoms with van der Waals surface area (Å²) in [5.41, 5.74) is 2.86. The van der Waals surface area contributed by atoms with Crippen molar-refractivity contribution in [3.05, 3.63) is 16.6 Å². The second-order valence-electron chi connectivity index (χ2n) is 2.89. The summed E-state index contributed by atoms with van der Waals surface area (Å²) in [6.45, 7) is 4.41. The van der Waals surface area contributed by atoms with E-state index in [0.717, 1.165) is 5.69 Å². The largest absolute Gasteiger partial charge is 0.392 e. The van der Waals surface area contributed by atoms with Gasteiger partial charge in [0.1, 0.15) is 0 Å². The standard InChI is InChI=1S/C8H14N2OS/c1-6(11)3-9-7(2)8-4-12-5-10-8/h4-7,9,11H,3H2,1-2H3. The van der Waals surface area contributed by atoms with Crippen LogP contribution in [0.1, 0.15) is 25.6 Å². The van der Waals surface area contributed by atoms with Gasteiger partial charge in [-0.1, -0.05) is 0 Å². The van der Waals surface area contributed by atoms with Gasteiger partial charge >= 0.3 is 0 Å². The predicted octanol–water partition coefficient (Wildman–Crippen LogP) is 1.17. The molecular weight excluding hydrogens is 172 g/mol. The lowest BCUT2D eigenvalue weighted by Gasteiger charge is -2.12. The Morgan fingerprint density at radius 2 is 2.42 bits per heavy atom. The second-order valence-corrected chi connectivity index (χ2v) is 3.61. The lowest BCUT2D eigenvalue weighted by molar-refractivity contribution is 0.187. The van der Waals surface area contributed by atoms with Crippen molar-refractivity contribution in [2.24, 2.45) is 0 Å². The number of aliphatic hydroxyl groups excluding tert-OH is 1. The molecule has 0 saturated carbocycles. The minimum absolute atomic E-state index is 0.228. The average Bonchev–Trinajstić information content (AvgIpc) is 2.51. The number of nitrogens with one attached hydrogen (secondary N) is 1. The van der Waals surface area contributed by atoms with Crippen LogP contribution in [-0.4, -0.2) is 22.7 Å². The molecule has 1 heterocycles. The normalized spacial score (nSPS) is 15.9. The van der Waals surface area contributed by atoms with Crippen LogP contribution in [0.3, 0.4) is 0 Å². The van der Waals surface area contributed by atoms with E-state index in [0.29, 0.717) is 6.54 Å². The van der Waals surface area contributed by atoms with E-state index in [1.165, 1.54) is 0 Å². The summed E-state index contributed by atoms with van der Waals surface area (Å²) >= 11 is 1.59. The van der Waals surface area contributed by atoms with Crippen LogP contribution in [0, 0.1) is 0 Å². The Morgan fingerprint density at radius 3 is 2.92 bits per heavy atom. The summed E-state index contributed by atoms with van der Waals surface area (Å²) in [5, 5.41) is 14.2. The number of hydrogen-bond acceptors (Lipinski definition) is 4. The molecule has 1 aromatic heterocycles. The van der Waals surface area contributed by atoms with E-state index in [1.54, 1.807) is 18.3 Å². The maximum Gasteiger partial charge on any atom is 0.0795 e. The van der Waals surface area contributed by atoms with Crippen molar-refractivity contribution in [2.75, 3.05) is 6.54 Å². The Labute approximate surface area is 76.5 Å². The fourth-order valence-corrected chi connectivity index (χ4v) is 1.54. The van der Waals surface area contributed by atoms with Crippen LogP contribution in [-0.2, 0) is 0 Å². The van der Waals surface area contributed by atoms with E-state index in [4.69, 9.17) is 5.11 Å². The predicted molar refractivity (Wildman–Crippen MR) is 50.2 cm³/mol. The van der Waals surface area contributed by atoms with E-state index in [9.17, 15) is 0 Å². The minimum atomic E-state index is -0.300. The first-order valence-corrected chi connectivity index (χ1v) is 4.94. The van der Waals surface area contributed by atoms with Gasteiger partial charge in [-0.25, -0.2) is 4.98 Å². The van der Waals surface area contributed by atoms with Gasteiger partial charge in [0, 0.05) is 18.0 Å². The smallest absolute Gasteiger partial charge is 0.0795 e. The van der Waals surface area contributed by atoms with Gasteiger partial charge in [-0.05, 0) is 13.8 Å². The van der Waals surface area contributed by atoms with Crippen LogP contribution in [0.25, 0.3) is 0 Å². The molecule has 2 N–H and O–H groups in total. The van der Waals surface area contributed by atoms with Gasteiger partial charge in [-0.2, -0.15) is 0 Å². The zero-order chi connectivity index (χ0) is 8.97. The molecule has 3 nitrogen and oxygen atoms in total. The van der Waals surface area contributed by atoms with Crippen molar-refractivity contribution in [1.29, 1.82) is 0 Å². The summed E-state index contributed by atoms with van der Waals surface area (Å²) in [6, 6.07) is 0.228. The van der Waals surface area contributed by atoms with Crippen molar-refractivity contribution in [1.82, 2.24) is 10.3 Å². The van der Waals surface area contributed by atoms with Gasteiger partial charge in [0.2, 0.25) is 0 Å². The highest BCUT2D eigenvalue weighted by Crippen LogP contribution is 2.11. The molecule has 0 aliphatic rings. The fourth-order valence-electron chi connectivity index (χ4n) is 0.888. The van der Waals surface area contributed by atoms with Gasteiger partial charge in [0.25, 0.3) is 0 Å². The molecule has 2 unspecified atom stereocenters. The maximum atomic E-state index is 9.02. The first-order valence-electron chi connectivity index (χ1n) is 3.99. The Bertz CT molecular complexity index is 211. The Kier molecular flexibility index (Phi) is 3.65. The molecule has 12 heavy (non-hydrogen) atoms. The van der Waals surface area contributed by atoms with E-state index >= 15 is 0 Å². The van der Waals surface area contributed by atoms with Crippen LogP contribution < -0.4 is 5.32 Å². The van der Waals surface area contributed by atoms with E-state index in [2.05, 4.69) is 10.3 Å². The van der Waals surface area contributed by atoms with Crippen LogP contribution in [0.4, 0.5) is 0 Å². The number of rotatable bonds is 4. The van der Waals surface area contributed by atoms with Gasteiger partial charge in [-0.15, -0.1) is 11.3 Å². The second kappa shape index (κ2) is 4.54. The highest BCUT2D eigenvalue weighted by Gasteiger charge is 2.06. The van der Waals surface area contributed by atoms with Crippen molar-refractivity contribution in [3.8, 4) is 0 Å². The molecule has 0 amide bonds. The molecule has 68 valence electrons. The van der Waals surface area contributed by atoms with Gasteiger partial charge in [0.05, 0.1) is 17.3 Å². The van der Waals surface area contributed by atoms with Crippen LogP contribution in [0.5, 0.6) is 0 Å². The molecule has 0 aliphatic heterocycles. The number of thiazole rings is 1. The lowest BCUT2D eigenvalue weighted by atomic mass is 10.2. The van der Waals surface area contributed by atoms with E-state index in [-0.39, 0.29) is 12.1 Å². The maximum absolute atomic E-state index is 9.02. The minimum Gasteiger partial charge on any atom is -0.392 e. The van der Waals surface area contributed by atoms with Crippen molar-refractivity contribution < 1.29 is 5.11 Å². The van der Waals surface area contributed by atoms with E-state index in [1.807, 2.05) is 17.8 Å². The molecule has 1 aromatic rings. The average molecular weight is 186 g/mol. The van der Waals surface area contributed by atoms with Gasteiger partial charge < -0.3 is 10.4 Å². The van der Waals surface area contributed by atoms with Gasteiger partial charge in [-0.3, -0.25) is 0 Å². The molecule has 1 rings (SSSR count). The summed E-state index contributed by atoms with van der Waals surface area (Å²) < 4.78 is 0. The van der Waals surface area contributed by atoms with E-state index < -0.39 is 0 Å². The third-order valence-electron chi connectivity index (χ3n) is 1.61. The Hall–Kier alpha value is -0.450. The van der Waals surface area contributed by atoms with Gasteiger partial charge in [0.15, 0.2) is 0 Å². The Balaban J connectivity index is 2.34. The monoisotopic (exact) mass is 186 g/mol. The highest BCUT2D eigenvalue weighted by atomic mass is 32.1. The van der Waals surface area contributed by atoms with Crippen LogP contribution >= 0.6 is 11.3 Å². The molecular formula is C8H14N2OS. The van der Waals surface area contributed by atoms with Crippen molar-refractivity contribution >= 4 is 11.3 Å². The molecule has 2 atom stereocenters. The highest BCUT2D eigenvalue weighted by molar-refractivity contribution is 7.07. The summed E-state index contributed by atoms with van der Waals surface area (Å²) in [5.74, 6) is 0. The zero-order valence-corrected chi connectivity index (χ0v) is 8.14. The summed E-state index contributed by atoms with van der Waals surface area (Å²) in [6.07, 6.45) is -0.300. The quantitative estimate of drug-likeness (QED) is 0.742. The van der Waals surface area contributed by atoms with Crippen molar-refractivity contribution in [3.63, 3.8) is 0 Å². The number of aliphatic hydroxyl groups is 1. The first kappa shape index (κ1) is 9.64. The molecule has 0 aromatic carbocycles. The SMILES string of the molecule is CC(O)CNC(C)c1cscn1.